The monoisotopic (exact) mass is 228 g/mol. The smallest absolute Gasteiger partial charge is 0.221 e. The number of hydrogen-bond donors (Lipinski definition) is 2. The van der Waals surface area contributed by atoms with Crippen molar-refractivity contribution in [2.75, 3.05) is 26.3 Å². The van der Waals surface area contributed by atoms with Crippen LogP contribution in [0.2, 0.25) is 0 Å². The highest BCUT2D eigenvalue weighted by molar-refractivity contribution is 5.76. The molecule has 1 amide bonds. The van der Waals surface area contributed by atoms with Gasteiger partial charge >= 0.3 is 0 Å². The van der Waals surface area contributed by atoms with Gasteiger partial charge in [0.2, 0.25) is 5.91 Å². The Bertz CT molecular complexity index is 195. The Labute approximate surface area is 98.4 Å². The normalized spacial score (nSPS) is 12.1. The summed E-state index contributed by atoms with van der Waals surface area (Å²) in [6.45, 7) is 10.3. The summed E-state index contributed by atoms with van der Waals surface area (Å²) in [5, 5.41) is 6.01. The van der Waals surface area contributed by atoms with Gasteiger partial charge in [-0.05, 0) is 19.9 Å². The first-order valence-electron chi connectivity index (χ1n) is 5.89. The molecule has 0 rings (SSSR count). The fourth-order valence-corrected chi connectivity index (χ4v) is 1.30. The summed E-state index contributed by atoms with van der Waals surface area (Å²) < 4.78 is 5.28. The second kappa shape index (κ2) is 10.6. The number of carbonyl (C=O) groups excluding carboxylic acids is 1. The van der Waals surface area contributed by atoms with Crippen LogP contribution < -0.4 is 10.6 Å². The molecule has 0 heterocycles. The van der Waals surface area contributed by atoms with Crippen LogP contribution in [0.3, 0.4) is 0 Å². The minimum absolute atomic E-state index is 0.0702. The lowest BCUT2D eigenvalue weighted by Gasteiger charge is -2.12. The van der Waals surface area contributed by atoms with Crippen molar-refractivity contribution in [1.29, 1.82) is 0 Å². The molecule has 4 nitrogen and oxygen atoms in total. The number of rotatable bonds is 10. The lowest BCUT2D eigenvalue weighted by Crippen LogP contribution is -2.35. The van der Waals surface area contributed by atoms with E-state index >= 15 is 0 Å². The molecule has 0 saturated heterocycles. The Kier molecular flexibility index (Phi) is 10.1. The standard InChI is InChI=1S/C12H24N2O2/c1-4-6-8-16-9-7-14-12(15)10-11(3)13-5-2/h4,11,13H,1,5-10H2,2-3H3,(H,14,15). The molecule has 16 heavy (non-hydrogen) atoms. The van der Waals surface area contributed by atoms with Crippen molar-refractivity contribution in [2.45, 2.75) is 32.7 Å². The second-order valence-electron chi connectivity index (χ2n) is 3.70. The first kappa shape index (κ1) is 15.1. The van der Waals surface area contributed by atoms with Gasteiger partial charge in [0.05, 0.1) is 13.2 Å². The van der Waals surface area contributed by atoms with Crippen molar-refractivity contribution in [3.63, 3.8) is 0 Å². The molecule has 0 aliphatic heterocycles. The SMILES string of the molecule is C=CCCOCCNC(=O)CC(C)NCC. The van der Waals surface area contributed by atoms with Gasteiger partial charge in [-0.1, -0.05) is 13.0 Å². The third-order valence-corrected chi connectivity index (χ3v) is 2.08. The Morgan fingerprint density at radius 2 is 2.25 bits per heavy atom. The lowest BCUT2D eigenvalue weighted by atomic mass is 10.2. The lowest BCUT2D eigenvalue weighted by molar-refractivity contribution is -0.121. The summed E-state index contributed by atoms with van der Waals surface area (Å²) in [7, 11) is 0. The number of carbonyl (C=O) groups is 1. The van der Waals surface area contributed by atoms with Crippen LogP contribution >= 0.6 is 0 Å². The molecule has 4 heteroatoms. The van der Waals surface area contributed by atoms with Gasteiger partial charge in [-0.15, -0.1) is 6.58 Å². The first-order valence-corrected chi connectivity index (χ1v) is 5.89. The second-order valence-corrected chi connectivity index (χ2v) is 3.70. The number of hydrogen-bond acceptors (Lipinski definition) is 3. The molecule has 0 radical (unpaired) electrons. The minimum Gasteiger partial charge on any atom is -0.379 e. The third-order valence-electron chi connectivity index (χ3n) is 2.08. The summed E-state index contributed by atoms with van der Waals surface area (Å²) >= 11 is 0. The summed E-state index contributed by atoms with van der Waals surface area (Å²) in [5.41, 5.74) is 0. The van der Waals surface area contributed by atoms with Crippen LogP contribution in [0.4, 0.5) is 0 Å². The molecule has 1 unspecified atom stereocenters. The van der Waals surface area contributed by atoms with Crippen LogP contribution in [0.5, 0.6) is 0 Å². The largest absolute Gasteiger partial charge is 0.379 e. The predicted molar refractivity (Wildman–Crippen MR) is 66.4 cm³/mol. The van der Waals surface area contributed by atoms with Crippen molar-refractivity contribution in [2.24, 2.45) is 0 Å². The van der Waals surface area contributed by atoms with Gasteiger partial charge in [-0.2, -0.15) is 0 Å². The third kappa shape index (κ3) is 9.68. The average molecular weight is 228 g/mol. The van der Waals surface area contributed by atoms with E-state index in [-0.39, 0.29) is 11.9 Å². The Morgan fingerprint density at radius 3 is 2.88 bits per heavy atom. The quantitative estimate of drug-likeness (QED) is 0.434. The molecule has 0 aliphatic rings. The molecule has 0 fully saturated rings. The molecule has 0 saturated carbocycles. The van der Waals surface area contributed by atoms with E-state index in [4.69, 9.17) is 4.74 Å². The maximum atomic E-state index is 11.4. The van der Waals surface area contributed by atoms with Gasteiger partial charge in [0.1, 0.15) is 0 Å². The van der Waals surface area contributed by atoms with Gasteiger partial charge in [0, 0.05) is 19.0 Å². The van der Waals surface area contributed by atoms with Crippen LogP contribution in [0.1, 0.15) is 26.7 Å². The molecule has 0 bridgehead atoms. The van der Waals surface area contributed by atoms with E-state index in [1.54, 1.807) is 0 Å². The van der Waals surface area contributed by atoms with Crippen LogP contribution in [-0.4, -0.2) is 38.3 Å². The molecule has 0 aliphatic carbocycles. The van der Waals surface area contributed by atoms with Crippen LogP contribution in [0, 0.1) is 0 Å². The van der Waals surface area contributed by atoms with Crippen molar-refractivity contribution in [1.82, 2.24) is 10.6 Å². The highest BCUT2D eigenvalue weighted by Crippen LogP contribution is 1.89. The zero-order valence-corrected chi connectivity index (χ0v) is 10.4. The number of ether oxygens (including phenoxy) is 1. The van der Waals surface area contributed by atoms with E-state index in [2.05, 4.69) is 17.2 Å². The maximum absolute atomic E-state index is 11.4. The number of amides is 1. The summed E-state index contributed by atoms with van der Waals surface area (Å²) in [6.07, 6.45) is 3.18. The Hall–Kier alpha value is -0.870. The molecule has 0 aromatic rings. The topological polar surface area (TPSA) is 50.4 Å². The van der Waals surface area contributed by atoms with Gasteiger partial charge in [-0.3, -0.25) is 4.79 Å². The minimum atomic E-state index is 0.0702. The molecule has 1 atom stereocenters. The fourth-order valence-electron chi connectivity index (χ4n) is 1.30. The van der Waals surface area contributed by atoms with Crippen LogP contribution in [0.15, 0.2) is 12.7 Å². The van der Waals surface area contributed by atoms with E-state index < -0.39 is 0 Å². The highest BCUT2D eigenvalue weighted by Gasteiger charge is 2.06. The highest BCUT2D eigenvalue weighted by atomic mass is 16.5. The molecule has 0 spiro atoms. The van der Waals surface area contributed by atoms with E-state index in [1.165, 1.54) is 0 Å². The maximum Gasteiger partial charge on any atom is 0.221 e. The average Bonchev–Trinajstić information content (AvgIpc) is 2.23. The fraction of sp³-hybridized carbons (Fsp3) is 0.750. The molecular formula is C12H24N2O2. The molecule has 0 aromatic heterocycles. The summed E-state index contributed by atoms with van der Waals surface area (Å²) in [5.74, 6) is 0.0702. The van der Waals surface area contributed by atoms with E-state index in [9.17, 15) is 4.79 Å². The Morgan fingerprint density at radius 1 is 1.50 bits per heavy atom. The zero-order chi connectivity index (χ0) is 12.2. The summed E-state index contributed by atoms with van der Waals surface area (Å²) in [6, 6.07) is 0.228. The van der Waals surface area contributed by atoms with Crippen LogP contribution in [-0.2, 0) is 9.53 Å². The van der Waals surface area contributed by atoms with Crippen molar-refractivity contribution < 1.29 is 9.53 Å². The van der Waals surface area contributed by atoms with Gasteiger partial charge in [0.15, 0.2) is 0 Å². The summed E-state index contributed by atoms with van der Waals surface area (Å²) in [4.78, 5) is 11.4. The van der Waals surface area contributed by atoms with Crippen molar-refractivity contribution >= 4 is 5.91 Å². The van der Waals surface area contributed by atoms with E-state index in [0.29, 0.717) is 26.2 Å². The molecular weight excluding hydrogens is 204 g/mol. The van der Waals surface area contributed by atoms with Gasteiger partial charge in [-0.25, -0.2) is 0 Å². The van der Waals surface area contributed by atoms with Gasteiger partial charge in [0.25, 0.3) is 0 Å². The predicted octanol–water partition coefficient (Wildman–Crippen LogP) is 1.08. The zero-order valence-electron chi connectivity index (χ0n) is 10.4. The van der Waals surface area contributed by atoms with Gasteiger partial charge < -0.3 is 15.4 Å². The number of nitrogens with one attached hydrogen (secondary N) is 2. The molecule has 94 valence electrons. The van der Waals surface area contributed by atoms with Crippen LogP contribution in [0.25, 0.3) is 0 Å². The molecule has 2 N–H and O–H groups in total. The van der Waals surface area contributed by atoms with E-state index in [0.717, 1.165) is 13.0 Å². The molecule has 0 aromatic carbocycles. The van der Waals surface area contributed by atoms with Crippen molar-refractivity contribution in [3.05, 3.63) is 12.7 Å². The van der Waals surface area contributed by atoms with Crippen molar-refractivity contribution in [3.8, 4) is 0 Å². The Balaban J connectivity index is 3.33. The first-order chi connectivity index (χ1) is 7.70. The van der Waals surface area contributed by atoms with E-state index in [1.807, 2.05) is 19.9 Å².